The summed E-state index contributed by atoms with van der Waals surface area (Å²) >= 11 is 0. The van der Waals surface area contributed by atoms with Crippen LogP contribution in [-0.4, -0.2) is 69.7 Å². The van der Waals surface area contributed by atoms with Crippen molar-refractivity contribution in [2.45, 2.75) is 25.3 Å². The lowest BCUT2D eigenvalue weighted by Gasteiger charge is -2.37. The van der Waals surface area contributed by atoms with Crippen molar-refractivity contribution in [3.05, 3.63) is 18.0 Å². The topological polar surface area (TPSA) is 89.5 Å². The number of aromatic amines is 1. The summed E-state index contributed by atoms with van der Waals surface area (Å²) in [6, 6.07) is -0.596. The van der Waals surface area contributed by atoms with Crippen molar-refractivity contribution >= 4 is 11.9 Å². The fourth-order valence-electron chi connectivity index (χ4n) is 2.38. The van der Waals surface area contributed by atoms with E-state index in [1.807, 2.05) is 6.20 Å². The van der Waals surface area contributed by atoms with Crippen LogP contribution in [0.4, 0.5) is 0 Å². The Bertz CT molecular complexity index is 460. The number of likely N-dealkylation sites (N-methyl/N-ethyl adjacent to an activating group) is 1. The number of carbonyl (C=O) groups is 2. The average Bonchev–Trinajstić information content (AvgIpc) is 2.92. The van der Waals surface area contributed by atoms with Crippen molar-refractivity contribution in [1.82, 2.24) is 20.0 Å². The molecule has 1 atom stereocenters. The molecule has 1 fully saturated rings. The van der Waals surface area contributed by atoms with Crippen LogP contribution in [0.3, 0.4) is 0 Å². The van der Waals surface area contributed by atoms with Gasteiger partial charge < -0.3 is 10.0 Å². The van der Waals surface area contributed by atoms with Gasteiger partial charge in [0.1, 0.15) is 6.04 Å². The van der Waals surface area contributed by atoms with Crippen molar-refractivity contribution in [1.29, 1.82) is 0 Å². The number of carboxylic acid groups (broad SMARTS) is 1. The number of hydrogen-bond donors (Lipinski definition) is 2. The number of amides is 1. The van der Waals surface area contributed by atoms with Crippen LogP contribution in [0.25, 0.3) is 0 Å². The highest BCUT2D eigenvalue weighted by Crippen LogP contribution is 2.11. The molecule has 2 heterocycles. The second-order valence-electron chi connectivity index (χ2n) is 5.13. The number of nitrogens with one attached hydrogen (secondary N) is 1. The quantitative estimate of drug-likeness (QED) is 0.790. The van der Waals surface area contributed by atoms with Gasteiger partial charge in [0.2, 0.25) is 5.91 Å². The molecule has 1 aromatic rings. The van der Waals surface area contributed by atoms with Crippen molar-refractivity contribution in [3.8, 4) is 0 Å². The molecule has 1 amide bonds. The normalized spacial score (nSPS) is 20.1. The van der Waals surface area contributed by atoms with Crippen LogP contribution >= 0.6 is 0 Å². The third-order valence-corrected chi connectivity index (χ3v) is 3.70. The van der Waals surface area contributed by atoms with E-state index in [-0.39, 0.29) is 12.5 Å². The van der Waals surface area contributed by atoms with Crippen molar-refractivity contribution in [3.63, 3.8) is 0 Å². The van der Waals surface area contributed by atoms with E-state index in [9.17, 15) is 9.59 Å². The van der Waals surface area contributed by atoms with E-state index >= 15 is 0 Å². The van der Waals surface area contributed by atoms with Crippen LogP contribution < -0.4 is 0 Å². The second-order valence-corrected chi connectivity index (χ2v) is 5.13. The Labute approximate surface area is 117 Å². The largest absolute Gasteiger partial charge is 0.480 e. The molecule has 0 bridgehead atoms. The average molecular weight is 280 g/mol. The van der Waals surface area contributed by atoms with Crippen LogP contribution in [0, 0.1) is 0 Å². The van der Waals surface area contributed by atoms with Gasteiger partial charge in [-0.3, -0.25) is 19.6 Å². The zero-order chi connectivity index (χ0) is 14.5. The summed E-state index contributed by atoms with van der Waals surface area (Å²) < 4.78 is 0. The standard InChI is InChI=1S/C13H20N4O3/c1-16-5-6-17(9-11(16)13(19)20)12(18)4-2-3-10-7-14-15-8-10/h7-8,11H,2-6,9H2,1H3,(H,14,15)(H,19,20)/t11-/m1/s1. The highest BCUT2D eigenvalue weighted by molar-refractivity contribution is 5.79. The van der Waals surface area contributed by atoms with Crippen LogP contribution in [0.5, 0.6) is 0 Å². The van der Waals surface area contributed by atoms with E-state index < -0.39 is 12.0 Å². The predicted molar refractivity (Wildman–Crippen MR) is 72.2 cm³/mol. The molecule has 2 rings (SSSR count). The monoisotopic (exact) mass is 280 g/mol. The summed E-state index contributed by atoms with van der Waals surface area (Å²) in [6.45, 7) is 1.48. The number of aryl methyl sites for hydroxylation is 1. The van der Waals surface area contributed by atoms with Gasteiger partial charge >= 0.3 is 5.97 Å². The highest BCUT2D eigenvalue weighted by atomic mass is 16.4. The first-order valence-electron chi connectivity index (χ1n) is 6.76. The number of aromatic nitrogens is 2. The van der Waals surface area contributed by atoms with Crippen LogP contribution in [0.2, 0.25) is 0 Å². The number of carboxylic acids is 1. The Morgan fingerprint density at radius 2 is 2.30 bits per heavy atom. The third-order valence-electron chi connectivity index (χ3n) is 3.70. The van der Waals surface area contributed by atoms with E-state index in [1.165, 1.54) is 0 Å². The Kier molecular flexibility index (Phi) is 4.73. The maximum absolute atomic E-state index is 12.1. The van der Waals surface area contributed by atoms with Crippen molar-refractivity contribution in [2.24, 2.45) is 0 Å². The van der Waals surface area contributed by atoms with Gasteiger partial charge in [-0.1, -0.05) is 0 Å². The molecule has 1 aliphatic heterocycles. The molecule has 0 aromatic carbocycles. The Hall–Kier alpha value is -1.89. The molecule has 20 heavy (non-hydrogen) atoms. The summed E-state index contributed by atoms with van der Waals surface area (Å²) in [5, 5.41) is 15.7. The molecule has 1 aliphatic rings. The number of aliphatic carboxylic acids is 1. The molecule has 0 radical (unpaired) electrons. The van der Waals surface area contributed by atoms with Gasteiger partial charge in [0, 0.05) is 32.3 Å². The van der Waals surface area contributed by atoms with E-state index in [0.717, 1.165) is 18.4 Å². The summed E-state index contributed by atoms with van der Waals surface area (Å²) in [6.07, 6.45) is 5.57. The molecule has 0 unspecified atom stereocenters. The first-order chi connectivity index (χ1) is 9.58. The first kappa shape index (κ1) is 14.5. The smallest absolute Gasteiger partial charge is 0.322 e. The Morgan fingerprint density at radius 1 is 1.50 bits per heavy atom. The molecule has 0 aliphatic carbocycles. The molecule has 0 saturated carbocycles. The summed E-state index contributed by atoms with van der Waals surface area (Å²) in [5.41, 5.74) is 1.08. The molecule has 2 N–H and O–H groups in total. The molecule has 110 valence electrons. The highest BCUT2D eigenvalue weighted by Gasteiger charge is 2.31. The summed E-state index contributed by atoms with van der Waals surface area (Å²) in [4.78, 5) is 26.6. The van der Waals surface area contributed by atoms with Gasteiger partial charge in [0.25, 0.3) is 0 Å². The molecule has 0 spiro atoms. The van der Waals surface area contributed by atoms with Gasteiger partial charge in [-0.25, -0.2) is 0 Å². The van der Waals surface area contributed by atoms with Gasteiger partial charge in [-0.15, -0.1) is 0 Å². The van der Waals surface area contributed by atoms with Gasteiger partial charge in [-0.2, -0.15) is 5.10 Å². The van der Waals surface area contributed by atoms with Crippen molar-refractivity contribution in [2.75, 3.05) is 26.7 Å². The number of hydrogen-bond acceptors (Lipinski definition) is 4. The molecule has 7 nitrogen and oxygen atoms in total. The minimum absolute atomic E-state index is 0.0350. The molecular formula is C13H20N4O3. The minimum Gasteiger partial charge on any atom is -0.480 e. The van der Waals surface area contributed by atoms with Gasteiger partial charge in [-0.05, 0) is 25.5 Å². The first-order valence-corrected chi connectivity index (χ1v) is 6.76. The number of carbonyl (C=O) groups excluding carboxylic acids is 1. The fourth-order valence-corrected chi connectivity index (χ4v) is 2.38. The van der Waals surface area contributed by atoms with E-state index in [4.69, 9.17) is 5.11 Å². The Morgan fingerprint density at radius 3 is 2.95 bits per heavy atom. The van der Waals surface area contributed by atoms with Crippen LogP contribution in [0.15, 0.2) is 12.4 Å². The zero-order valence-electron chi connectivity index (χ0n) is 11.6. The van der Waals surface area contributed by atoms with E-state index in [1.54, 1.807) is 23.0 Å². The number of rotatable bonds is 5. The second kappa shape index (κ2) is 6.51. The maximum atomic E-state index is 12.1. The number of nitrogens with zero attached hydrogens (tertiary/aromatic N) is 3. The number of piperazine rings is 1. The van der Waals surface area contributed by atoms with Crippen molar-refractivity contribution < 1.29 is 14.7 Å². The third kappa shape index (κ3) is 3.57. The Balaban J connectivity index is 1.78. The molecule has 1 aromatic heterocycles. The summed E-state index contributed by atoms with van der Waals surface area (Å²) in [7, 11) is 1.78. The maximum Gasteiger partial charge on any atom is 0.322 e. The van der Waals surface area contributed by atoms with E-state index in [2.05, 4.69) is 10.2 Å². The molecule has 1 saturated heterocycles. The fraction of sp³-hybridized carbons (Fsp3) is 0.615. The lowest BCUT2D eigenvalue weighted by atomic mass is 10.1. The molecular weight excluding hydrogens is 260 g/mol. The van der Waals surface area contributed by atoms with Gasteiger partial charge in [0.15, 0.2) is 0 Å². The van der Waals surface area contributed by atoms with Crippen LogP contribution in [0.1, 0.15) is 18.4 Å². The van der Waals surface area contributed by atoms with E-state index in [0.29, 0.717) is 19.5 Å². The van der Waals surface area contributed by atoms with Gasteiger partial charge in [0.05, 0.1) is 6.20 Å². The SMILES string of the molecule is CN1CCN(C(=O)CCCc2cn[nH]c2)C[C@@H]1C(=O)O. The number of H-pyrrole nitrogens is 1. The predicted octanol–water partition coefficient (Wildman–Crippen LogP) is -0.0404. The minimum atomic E-state index is -0.872. The zero-order valence-corrected chi connectivity index (χ0v) is 11.6. The lowest BCUT2D eigenvalue weighted by molar-refractivity contribution is -0.147. The lowest BCUT2D eigenvalue weighted by Crippen LogP contribution is -2.56. The molecule has 7 heteroatoms. The van der Waals surface area contributed by atoms with Crippen LogP contribution in [-0.2, 0) is 16.0 Å². The summed E-state index contributed by atoms with van der Waals surface area (Å²) in [5.74, 6) is -0.837.